The van der Waals surface area contributed by atoms with Crippen molar-refractivity contribution in [3.05, 3.63) is 28.8 Å². The minimum atomic E-state index is -0.417. The van der Waals surface area contributed by atoms with E-state index >= 15 is 0 Å². The topological polar surface area (TPSA) is 77.0 Å². The van der Waals surface area contributed by atoms with Crippen LogP contribution in [0.5, 0.6) is 0 Å². The predicted octanol–water partition coefficient (Wildman–Crippen LogP) is 1.89. The van der Waals surface area contributed by atoms with E-state index in [2.05, 4.69) is 16.0 Å². The number of hydrogen-bond donors (Lipinski definition) is 4. The summed E-state index contributed by atoms with van der Waals surface area (Å²) in [6.07, 6.45) is 0. The number of benzene rings is 1. The predicted molar refractivity (Wildman–Crippen MR) is 69.6 cm³/mol. The Kier molecular flexibility index (Phi) is 4.09. The van der Waals surface area contributed by atoms with Gasteiger partial charge in [0, 0.05) is 12.7 Å². The van der Waals surface area contributed by atoms with Crippen LogP contribution in [0.25, 0.3) is 0 Å². The lowest BCUT2D eigenvalue weighted by Crippen LogP contribution is -2.40. The Balaban J connectivity index is 2.82. The first kappa shape index (κ1) is 13.0. The summed E-state index contributed by atoms with van der Waals surface area (Å²) >= 11 is 0. The van der Waals surface area contributed by atoms with E-state index in [4.69, 9.17) is 5.41 Å². The molecule has 0 fully saturated rings. The third kappa shape index (κ3) is 3.48. The lowest BCUT2D eigenvalue weighted by atomic mass is 10.1. The van der Waals surface area contributed by atoms with Crippen LogP contribution in [-0.2, 0) is 0 Å². The highest BCUT2D eigenvalue weighted by Crippen LogP contribution is 2.21. The number of rotatable bonds is 1. The van der Waals surface area contributed by atoms with Crippen LogP contribution < -0.4 is 16.0 Å². The van der Waals surface area contributed by atoms with Crippen molar-refractivity contribution in [2.24, 2.45) is 0 Å². The minimum absolute atomic E-state index is 0.0371. The van der Waals surface area contributed by atoms with Crippen LogP contribution in [0.2, 0.25) is 0 Å². The molecule has 0 saturated carbocycles. The van der Waals surface area contributed by atoms with Crippen LogP contribution in [0.15, 0.2) is 12.1 Å². The standard InChI is InChI=1S/C12H18N4O/c1-7-5-8(2)10(9(3)6-7)15-12(17)16-11(13)14-4/h5-6H,1-4H3,(H4,13,14,15,16,17). The molecule has 0 aliphatic carbocycles. The van der Waals surface area contributed by atoms with Gasteiger partial charge in [0.2, 0.25) is 0 Å². The van der Waals surface area contributed by atoms with Crippen molar-refractivity contribution in [1.29, 1.82) is 5.41 Å². The molecule has 17 heavy (non-hydrogen) atoms. The molecule has 2 amide bonds. The Morgan fingerprint density at radius 3 is 2.18 bits per heavy atom. The van der Waals surface area contributed by atoms with Gasteiger partial charge in [0.25, 0.3) is 0 Å². The van der Waals surface area contributed by atoms with E-state index in [-0.39, 0.29) is 5.96 Å². The maximum atomic E-state index is 11.6. The zero-order valence-electron chi connectivity index (χ0n) is 10.6. The largest absolute Gasteiger partial charge is 0.359 e. The third-order valence-electron chi connectivity index (χ3n) is 2.40. The second-order valence-corrected chi connectivity index (χ2v) is 3.98. The molecule has 5 heteroatoms. The molecule has 4 N–H and O–H groups in total. The third-order valence-corrected chi connectivity index (χ3v) is 2.40. The SMILES string of the molecule is CNC(=N)NC(=O)Nc1c(C)cc(C)cc1C. The highest BCUT2D eigenvalue weighted by Gasteiger charge is 2.08. The van der Waals surface area contributed by atoms with E-state index in [1.54, 1.807) is 7.05 Å². The first-order chi connectivity index (χ1) is 7.93. The van der Waals surface area contributed by atoms with Gasteiger partial charge in [-0.25, -0.2) is 4.79 Å². The quantitative estimate of drug-likeness (QED) is 0.442. The van der Waals surface area contributed by atoms with Gasteiger partial charge >= 0.3 is 6.03 Å². The molecule has 92 valence electrons. The maximum Gasteiger partial charge on any atom is 0.326 e. The number of anilines is 1. The van der Waals surface area contributed by atoms with Crippen LogP contribution >= 0.6 is 0 Å². The van der Waals surface area contributed by atoms with Gasteiger partial charge in [0.05, 0.1) is 0 Å². The van der Waals surface area contributed by atoms with Crippen molar-refractivity contribution in [2.45, 2.75) is 20.8 Å². The maximum absolute atomic E-state index is 11.6. The van der Waals surface area contributed by atoms with E-state index < -0.39 is 6.03 Å². The summed E-state index contributed by atoms with van der Waals surface area (Å²) in [4.78, 5) is 11.6. The Labute approximate surface area is 101 Å². The van der Waals surface area contributed by atoms with Crippen molar-refractivity contribution < 1.29 is 4.79 Å². The van der Waals surface area contributed by atoms with Gasteiger partial charge in [-0.3, -0.25) is 10.7 Å². The van der Waals surface area contributed by atoms with Gasteiger partial charge in [-0.05, 0) is 31.9 Å². The summed E-state index contributed by atoms with van der Waals surface area (Å²) in [6, 6.07) is 3.59. The Hall–Kier alpha value is -2.04. The Morgan fingerprint density at radius 2 is 1.71 bits per heavy atom. The van der Waals surface area contributed by atoms with Crippen LogP contribution in [0, 0.1) is 26.2 Å². The highest BCUT2D eigenvalue weighted by molar-refractivity contribution is 6.01. The molecule has 5 nitrogen and oxygen atoms in total. The smallest absolute Gasteiger partial charge is 0.326 e. The number of hydrogen-bond acceptors (Lipinski definition) is 2. The normalized spacial score (nSPS) is 9.65. The summed E-state index contributed by atoms with van der Waals surface area (Å²) in [5.41, 5.74) is 3.97. The fourth-order valence-electron chi connectivity index (χ4n) is 1.70. The molecular weight excluding hydrogens is 216 g/mol. The fraction of sp³-hybridized carbons (Fsp3) is 0.333. The average molecular weight is 234 g/mol. The van der Waals surface area contributed by atoms with Crippen molar-refractivity contribution >= 4 is 17.7 Å². The molecule has 0 bridgehead atoms. The summed E-state index contributed by atoms with van der Waals surface area (Å²) < 4.78 is 0. The van der Waals surface area contributed by atoms with E-state index in [0.717, 1.165) is 22.4 Å². The number of amides is 2. The van der Waals surface area contributed by atoms with E-state index in [9.17, 15) is 4.79 Å². The van der Waals surface area contributed by atoms with Crippen molar-refractivity contribution in [3.63, 3.8) is 0 Å². The first-order valence-electron chi connectivity index (χ1n) is 5.36. The number of carbonyl (C=O) groups excluding carboxylic acids is 1. The van der Waals surface area contributed by atoms with Crippen LogP contribution in [0.1, 0.15) is 16.7 Å². The lowest BCUT2D eigenvalue weighted by molar-refractivity contribution is 0.256. The van der Waals surface area contributed by atoms with Gasteiger partial charge in [-0.1, -0.05) is 17.7 Å². The van der Waals surface area contributed by atoms with E-state index in [1.807, 2.05) is 32.9 Å². The number of nitrogens with one attached hydrogen (secondary N) is 4. The monoisotopic (exact) mass is 234 g/mol. The molecule has 0 spiro atoms. The first-order valence-corrected chi connectivity index (χ1v) is 5.36. The van der Waals surface area contributed by atoms with Crippen LogP contribution in [0.4, 0.5) is 10.5 Å². The molecule has 0 aliphatic heterocycles. The molecule has 0 saturated heterocycles. The molecule has 0 atom stereocenters. The summed E-state index contributed by atoms with van der Waals surface area (Å²) in [5.74, 6) is -0.0371. The van der Waals surface area contributed by atoms with Crippen LogP contribution in [0.3, 0.4) is 0 Å². The molecule has 0 aromatic heterocycles. The number of urea groups is 1. The molecular formula is C12H18N4O. The van der Waals surface area contributed by atoms with Crippen molar-refractivity contribution in [1.82, 2.24) is 10.6 Å². The van der Waals surface area contributed by atoms with Crippen molar-refractivity contribution in [3.8, 4) is 0 Å². The van der Waals surface area contributed by atoms with Gasteiger partial charge in [0.1, 0.15) is 0 Å². The van der Waals surface area contributed by atoms with Gasteiger partial charge in [-0.2, -0.15) is 0 Å². The zero-order chi connectivity index (χ0) is 13.0. The number of guanidine groups is 1. The van der Waals surface area contributed by atoms with Crippen LogP contribution in [-0.4, -0.2) is 19.0 Å². The van der Waals surface area contributed by atoms with Crippen molar-refractivity contribution in [2.75, 3.05) is 12.4 Å². The molecule has 0 heterocycles. The molecule has 1 aromatic rings. The Bertz CT molecular complexity index is 431. The summed E-state index contributed by atoms with van der Waals surface area (Å²) in [7, 11) is 1.57. The molecule has 0 aliphatic rings. The highest BCUT2D eigenvalue weighted by atomic mass is 16.2. The minimum Gasteiger partial charge on any atom is -0.359 e. The average Bonchev–Trinajstić information content (AvgIpc) is 2.23. The number of aryl methyl sites for hydroxylation is 3. The van der Waals surface area contributed by atoms with E-state index in [1.165, 1.54) is 0 Å². The number of carbonyl (C=O) groups is 1. The lowest BCUT2D eigenvalue weighted by Gasteiger charge is -2.13. The molecule has 0 radical (unpaired) electrons. The zero-order valence-corrected chi connectivity index (χ0v) is 10.6. The van der Waals surface area contributed by atoms with Gasteiger partial charge < -0.3 is 10.6 Å². The fourth-order valence-corrected chi connectivity index (χ4v) is 1.70. The molecule has 1 aromatic carbocycles. The molecule has 0 unspecified atom stereocenters. The van der Waals surface area contributed by atoms with Gasteiger partial charge in [-0.15, -0.1) is 0 Å². The van der Waals surface area contributed by atoms with E-state index in [0.29, 0.717) is 0 Å². The second-order valence-electron chi connectivity index (χ2n) is 3.98. The Morgan fingerprint density at radius 1 is 1.18 bits per heavy atom. The summed E-state index contributed by atoms with van der Waals surface area (Å²) in [6.45, 7) is 5.90. The molecule has 1 rings (SSSR count). The second kappa shape index (κ2) is 5.34. The summed E-state index contributed by atoms with van der Waals surface area (Å²) in [5, 5.41) is 14.9. The van der Waals surface area contributed by atoms with Gasteiger partial charge in [0.15, 0.2) is 5.96 Å².